The zero-order valence-corrected chi connectivity index (χ0v) is 8.55. The molecule has 1 heterocycles. The fraction of sp³-hybridized carbons (Fsp3) is 0.889. The Morgan fingerprint density at radius 3 is 2.38 bits per heavy atom. The molecular formula is C9H16ClNO2. The highest BCUT2D eigenvalue weighted by atomic mass is 35.5. The first-order valence-electron chi connectivity index (χ1n) is 4.82. The van der Waals surface area contributed by atoms with Gasteiger partial charge in [0.25, 0.3) is 0 Å². The van der Waals surface area contributed by atoms with Crippen LogP contribution in [0.2, 0.25) is 0 Å². The maximum atomic E-state index is 11.4. The van der Waals surface area contributed by atoms with E-state index >= 15 is 0 Å². The second-order valence-electron chi connectivity index (χ2n) is 3.20. The number of rotatable bonds is 2. The van der Waals surface area contributed by atoms with Gasteiger partial charge in [-0.1, -0.05) is 12.8 Å². The van der Waals surface area contributed by atoms with Gasteiger partial charge in [0.2, 0.25) is 0 Å². The fourth-order valence-electron chi connectivity index (χ4n) is 1.47. The summed E-state index contributed by atoms with van der Waals surface area (Å²) in [5.41, 5.74) is 0. The molecule has 1 rings (SSSR count). The Labute approximate surface area is 84.0 Å². The molecule has 76 valence electrons. The normalized spacial score (nSPS) is 18.1. The van der Waals surface area contributed by atoms with E-state index in [1.165, 1.54) is 12.8 Å². The van der Waals surface area contributed by atoms with Gasteiger partial charge in [-0.15, -0.1) is 11.6 Å². The first kappa shape index (κ1) is 10.6. The van der Waals surface area contributed by atoms with Crippen molar-refractivity contribution in [1.82, 2.24) is 4.90 Å². The summed E-state index contributed by atoms with van der Waals surface area (Å²) in [6.07, 6.45) is 4.42. The van der Waals surface area contributed by atoms with Crippen LogP contribution in [0.15, 0.2) is 0 Å². The maximum Gasteiger partial charge on any atom is 0.409 e. The third-order valence-electron chi connectivity index (χ3n) is 2.17. The summed E-state index contributed by atoms with van der Waals surface area (Å²) in [4.78, 5) is 13.1. The molecule has 1 saturated heterocycles. The van der Waals surface area contributed by atoms with Crippen LogP contribution < -0.4 is 0 Å². The van der Waals surface area contributed by atoms with Crippen LogP contribution in [0.4, 0.5) is 4.79 Å². The molecule has 0 bridgehead atoms. The first-order chi connectivity index (χ1) is 6.34. The lowest BCUT2D eigenvalue weighted by Gasteiger charge is -2.19. The van der Waals surface area contributed by atoms with Gasteiger partial charge in [0, 0.05) is 13.1 Å². The van der Waals surface area contributed by atoms with Crippen LogP contribution in [-0.2, 0) is 4.74 Å². The maximum absolute atomic E-state index is 11.4. The summed E-state index contributed by atoms with van der Waals surface area (Å²) >= 11 is 5.42. The molecular weight excluding hydrogens is 190 g/mol. The average molecular weight is 206 g/mol. The Kier molecular flexibility index (Phi) is 4.98. The lowest BCUT2D eigenvalue weighted by Crippen LogP contribution is -2.32. The minimum absolute atomic E-state index is 0.206. The molecule has 0 saturated carbocycles. The molecule has 0 radical (unpaired) electrons. The molecule has 0 aliphatic carbocycles. The topological polar surface area (TPSA) is 29.5 Å². The number of carbonyl (C=O) groups is 1. The van der Waals surface area contributed by atoms with Crippen molar-refractivity contribution in [2.75, 3.05) is 25.6 Å². The van der Waals surface area contributed by atoms with Gasteiger partial charge in [-0.2, -0.15) is 0 Å². The second kappa shape index (κ2) is 6.08. The Morgan fingerprint density at radius 1 is 1.23 bits per heavy atom. The van der Waals surface area contributed by atoms with Crippen molar-refractivity contribution < 1.29 is 9.53 Å². The number of likely N-dealkylation sites (tertiary alicyclic amines) is 1. The van der Waals surface area contributed by atoms with E-state index in [1.807, 2.05) is 0 Å². The van der Waals surface area contributed by atoms with Crippen molar-refractivity contribution in [2.24, 2.45) is 0 Å². The number of alkyl halides is 1. The number of hydrogen-bond acceptors (Lipinski definition) is 2. The SMILES string of the molecule is O=C(OCCCl)N1CCCCCC1. The van der Waals surface area contributed by atoms with Gasteiger partial charge in [-0.05, 0) is 12.8 Å². The van der Waals surface area contributed by atoms with Crippen molar-refractivity contribution in [2.45, 2.75) is 25.7 Å². The highest BCUT2D eigenvalue weighted by molar-refractivity contribution is 6.18. The first-order valence-corrected chi connectivity index (χ1v) is 5.35. The summed E-state index contributed by atoms with van der Waals surface area (Å²) in [6, 6.07) is 0. The van der Waals surface area contributed by atoms with Crippen molar-refractivity contribution in [1.29, 1.82) is 0 Å². The van der Waals surface area contributed by atoms with Crippen molar-refractivity contribution in [3.8, 4) is 0 Å². The van der Waals surface area contributed by atoms with Gasteiger partial charge in [0.1, 0.15) is 6.61 Å². The zero-order chi connectivity index (χ0) is 9.52. The largest absolute Gasteiger partial charge is 0.448 e. The predicted molar refractivity (Wildman–Crippen MR) is 52.1 cm³/mol. The lowest BCUT2D eigenvalue weighted by atomic mass is 10.2. The van der Waals surface area contributed by atoms with Crippen LogP contribution in [0.1, 0.15) is 25.7 Å². The zero-order valence-electron chi connectivity index (χ0n) is 7.80. The van der Waals surface area contributed by atoms with Crippen LogP contribution in [0.25, 0.3) is 0 Å². The van der Waals surface area contributed by atoms with E-state index in [2.05, 4.69) is 0 Å². The number of amides is 1. The molecule has 0 N–H and O–H groups in total. The minimum atomic E-state index is -0.206. The monoisotopic (exact) mass is 205 g/mol. The number of halogens is 1. The number of hydrogen-bond donors (Lipinski definition) is 0. The third-order valence-corrected chi connectivity index (χ3v) is 2.32. The van der Waals surface area contributed by atoms with Gasteiger partial charge in [-0.25, -0.2) is 4.79 Å². The average Bonchev–Trinajstić information content (AvgIpc) is 2.42. The van der Waals surface area contributed by atoms with Crippen LogP contribution >= 0.6 is 11.6 Å². The summed E-state index contributed by atoms with van der Waals surface area (Å²) in [7, 11) is 0. The van der Waals surface area contributed by atoms with Crippen LogP contribution in [0.5, 0.6) is 0 Å². The third kappa shape index (κ3) is 3.85. The van der Waals surface area contributed by atoms with Crippen molar-refractivity contribution in [3.63, 3.8) is 0 Å². The lowest BCUT2D eigenvalue weighted by molar-refractivity contribution is 0.109. The molecule has 1 fully saturated rings. The summed E-state index contributed by atoms with van der Waals surface area (Å²) in [5.74, 6) is 0.375. The molecule has 1 aliphatic heterocycles. The van der Waals surface area contributed by atoms with Crippen LogP contribution in [0, 0.1) is 0 Å². The Bertz CT molecular complexity index is 156. The van der Waals surface area contributed by atoms with E-state index in [-0.39, 0.29) is 6.09 Å². The summed E-state index contributed by atoms with van der Waals surface area (Å²) in [5, 5.41) is 0. The molecule has 13 heavy (non-hydrogen) atoms. The highest BCUT2D eigenvalue weighted by Gasteiger charge is 2.15. The smallest absolute Gasteiger partial charge is 0.409 e. The molecule has 0 unspecified atom stereocenters. The second-order valence-corrected chi connectivity index (χ2v) is 3.58. The highest BCUT2D eigenvalue weighted by Crippen LogP contribution is 2.10. The van der Waals surface area contributed by atoms with E-state index in [1.54, 1.807) is 4.90 Å². The molecule has 0 atom stereocenters. The minimum Gasteiger partial charge on any atom is -0.448 e. The van der Waals surface area contributed by atoms with Gasteiger partial charge in [0.05, 0.1) is 5.88 Å². The predicted octanol–water partition coefficient (Wildman–Crippen LogP) is 2.24. The number of carbonyl (C=O) groups excluding carboxylic acids is 1. The number of ether oxygens (including phenoxy) is 1. The fourth-order valence-corrected chi connectivity index (χ4v) is 1.55. The van der Waals surface area contributed by atoms with Crippen LogP contribution in [-0.4, -0.2) is 36.6 Å². The molecule has 0 aromatic carbocycles. The number of nitrogens with zero attached hydrogens (tertiary/aromatic N) is 1. The molecule has 4 heteroatoms. The van der Waals surface area contributed by atoms with Gasteiger partial charge in [-0.3, -0.25) is 0 Å². The standard InChI is InChI=1S/C9H16ClNO2/c10-5-8-13-9(12)11-6-3-1-2-4-7-11/h1-8H2. The van der Waals surface area contributed by atoms with Crippen molar-refractivity contribution >= 4 is 17.7 Å². The summed E-state index contributed by atoms with van der Waals surface area (Å²) < 4.78 is 4.94. The van der Waals surface area contributed by atoms with E-state index in [9.17, 15) is 4.79 Å². The molecule has 0 aromatic heterocycles. The van der Waals surface area contributed by atoms with E-state index in [0.717, 1.165) is 25.9 Å². The quantitative estimate of drug-likeness (QED) is 0.648. The van der Waals surface area contributed by atoms with Gasteiger partial charge >= 0.3 is 6.09 Å². The molecule has 3 nitrogen and oxygen atoms in total. The van der Waals surface area contributed by atoms with E-state index in [0.29, 0.717) is 12.5 Å². The van der Waals surface area contributed by atoms with Crippen LogP contribution in [0.3, 0.4) is 0 Å². The molecule has 1 aliphatic rings. The van der Waals surface area contributed by atoms with Crippen molar-refractivity contribution in [3.05, 3.63) is 0 Å². The molecule has 1 amide bonds. The Balaban J connectivity index is 2.26. The summed E-state index contributed by atoms with van der Waals surface area (Å²) in [6.45, 7) is 1.99. The van der Waals surface area contributed by atoms with E-state index in [4.69, 9.17) is 16.3 Å². The van der Waals surface area contributed by atoms with Gasteiger partial charge in [0.15, 0.2) is 0 Å². The molecule has 0 aromatic rings. The van der Waals surface area contributed by atoms with Gasteiger partial charge < -0.3 is 9.64 Å². The Morgan fingerprint density at radius 2 is 1.85 bits per heavy atom. The Hall–Kier alpha value is -0.440. The van der Waals surface area contributed by atoms with E-state index < -0.39 is 0 Å². The molecule has 0 spiro atoms.